The van der Waals surface area contributed by atoms with Crippen molar-refractivity contribution in [1.82, 2.24) is 19.6 Å². The summed E-state index contributed by atoms with van der Waals surface area (Å²) < 4.78 is 14.6. The Balaban J connectivity index is 0.000000209. The second kappa shape index (κ2) is 10.7. The molecule has 1 spiro atoms. The Morgan fingerprint density at radius 2 is 1.91 bits per heavy atom. The molecule has 0 amide bonds. The summed E-state index contributed by atoms with van der Waals surface area (Å²) in [5.41, 5.74) is 4.15. The van der Waals surface area contributed by atoms with Gasteiger partial charge in [0, 0.05) is 24.4 Å². The standard InChI is InChI=1S/C19H28N2OS.C8H8N2.H2O/c1-23(22)20-14-16(15-6-3-2-4-7-15)11-13-21-18-9-5-8-17-10-12-19(17,18)21;1-6-9-7-4-2-3-5-8(7)10-6;/h2-4,6-7,16-18,20H,5,8-14H2,1H3;2-5H,1H3,(H,9,10);1H2/t16?,17-,18+,19?,21?,23?;;/m1../s1. The molecular weight excluding hydrogens is 444 g/mol. The van der Waals surface area contributed by atoms with Crippen molar-refractivity contribution in [3.05, 3.63) is 66.0 Å². The lowest BCUT2D eigenvalue weighted by atomic mass is 9.65. The van der Waals surface area contributed by atoms with Crippen LogP contribution >= 0.6 is 0 Å². The minimum absolute atomic E-state index is 0. The number of H-pyrrole nitrogens is 1. The Morgan fingerprint density at radius 1 is 1.15 bits per heavy atom. The molecule has 4 N–H and O–H groups in total. The first-order valence-electron chi connectivity index (χ1n) is 12.4. The van der Waals surface area contributed by atoms with Gasteiger partial charge in [-0.15, -0.1) is 0 Å². The zero-order valence-electron chi connectivity index (χ0n) is 20.3. The van der Waals surface area contributed by atoms with Gasteiger partial charge >= 0.3 is 0 Å². The molecule has 0 bridgehead atoms. The number of para-hydroxylation sites is 2. The minimum atomic E-state index is -0.932. The van der Waals surface area contributed by atoms with Crippen molar-refractivity contribution in [3.63, 3.8) is 0 Å². The number of hydrogen-bond acceptors (Lipinski definition) is 3. The lowest BCUT2D eigenvalue weighted by Crippen LogP contribution is -2.42. The van der Waals surface area contributed by atoms with Crippen LogP contribution in [0.15, 0.2) is 54.6 Å². The van der Waals surface area contributed by atoms with E-state index in [-0.39, 0.29) is 5.48 Å². The van der Waals surface area contributed by atoms with Gasteiger partial charge in [-0.05, 0) is 75.1 Å². The molecule has 34 heavy (non-hydrogen) atoms. The number of rotatable bonds is 7. The van der Waals surface area contributed by atoms with Gasteiger partial charge in [-0.25, -0.2) is 13.9 Å². The molecule has 6 atom stereocenters. The highest BCUT2D eigenvalue weighted by molar-refractivity contribution is 7.82. The van der Waals surface area contributed by atoms with E-state index < -0.39 is 11.0 Å². The molecule has 2 saturated carbocycles. The van der Waals surface area contributed by atoms with Gasteiger partial charge in [0.1, 0.15) is 5.82 Å². The number of fused-ring (bicyclic) bond motifs is 1. The van der Waals surface area contributed by atoms with Crippen LogP contribution in [-0.4, -0.2) is 55.5 Å². The summed E-state index contributed by atoms with van der Waals surface area (Å²) in [6.07, 6.45) is 10.1. The van der Waals surface area contributed by atoms with Crippen LogP contribution in [0.1, 0.15) is 55.8 Å². The fraction of sp³-hybridized carbons (Fsp3) is 0.519. The van der Waals surface area contributed by atoms with Crippen LogP contribution in [0.25, 0.3) is 11.0 Å². The maximum atomic E-state index is 11.4. The van der Waals surface area contributed by atoms with Crippen LogP contribution in [0, 0.1) is 12.8 Å². The normalized spacial score (nSPS) is 28.2. The zero-order chi connectivity index (χ0) is 22.8. The highest BCUT2D eigenvalue weighted by Gasteiger charge is 2.70. The average Bonchev–Trinajstić information content (AvgIpc) is 3.33. The summed E-state index contributed by atoms with van der Waals surface area (Å²) in [7, 11) is -0.932. The van der Waals surface area contributed by atoms with E-state index in [1.54, 1.807) is 6.26 Å². The van der Waals surface area contributed by atoms with Crippen molar-refractivity contribution in [3.8, 4) is 0 Å². The highest BCUT2D eigenvalue weighted by Crippen LogP contribution is 2.64. The predicted molar refractivity (Wildman–Crippen MR) is 140 cm³/mol. The molecule has 2 heterocycles. The molecule has 1 aliphatic heterocycles. The number of nitrogens with one attached hydrogen (secondary N) is 2. The number of imidazole rings is 1. The van der Waals surface area contributed by atoms with E-state index in [4.69, 9.17) is 0 Å². The first-order valence-corrected chi connectivity index (χ1v) is 13.9. The third kappa shape index (κ3) is 4.98. The van der Waals surface area contributed by atoms with Gasteiger partial charge in [-0.3, -0.25) is 4.90 Å². The van der Waals surface area contributed by atoms with Crippen LogP contribution in [-0.2, 0) is 11.0 Å². The van der Waals surface area contributed by atoms with E-state index >= 15 is 0 Å². The lowest BCUT2D eigenvalue weighted by Gasteiger charge is -2.41. The van der Waals surface area contributed by atoms with E-state index in [1.165, 1.54) is 50.6 Å². The average molecular weight is 483 g/mol. The molecule has 3 aliphatic rings. The van der Waals surface area contributed by atoms with Crippen LogP contribution in [0.3, 0.4) is 0 Å². The predicted octanol–water partition coefficient (Wildman–Crippen LogP) is 4.11. The molecule has 6 rings (SSSR count). The molecule has 0 radical (unpaired) electrons. The van der Waals surface area contributed by atoms with Crippen LogP contribution in [0.5, 0.6) is 0 Å². The number of nitrogens with zero attached hydrogens (tertiary/aromatic N) is 2. The third-order valence-electron chi connectivity index (χ3n) is 8.08. The molecule has 3 aromatic rings. The fourth-order valence-electron chi connectivity index (χ4n) is 6.36. The number of aromatic amines is 1. The number of hydrogen-bond donors (Lipinski definition) is 2. The Bertz CT molecular complexity index is 1070. The van der Waals surface area contributed by atoms with E-state index in [1.807, 2.05) is 31.2 Å². The molecule has 4 unspecified atom stereocenters. The van der Waals surface area contributed by atoms with Gasteiger partial charge < -0.3 is 10.5 Å². The maximum absolute atomic E-state index is 11.4. The molecule has 1 aromatic heterocycles. The quantitative estimate of drug-likeness (QED) is 0.497. The van der Waals surface area contributed by atoms with E-state index in [9.17, 15) is 4.21 Å². The maximum Gasteiger partial charge on any atom is 0.104 e. The van der Waals surface area contributed by atoms with Crippen LogP contribution < -0.4 is 4.72 Å². The van der Waals surface area contributed by atoms with Crippen molar-refractivity contribution in [2.24, 2.45) is 5.92 Å². The summed E-state index contributed by atoms with van der Waals surface area (Å²) in [5, 5.41) is 0. The number of aryl methyl sites for hydroxylation is 1. The molecular formula is C27H38N4O2S. The Hall–Kier alpha value is -2.06. The Labute approximate surface area is 205 Å². The van der Waals surface area contributed by atoms with Gasteiger partial charge in [-0.2, -0.15) is 0 Å². The van der Waals surface area contributed by atoms with E-state index in [2.05, 4.69) is 49.9 Å². The first-order chi connectivity index (χ1) is 16.1. The molecule has 7 heteroatoms. The Kier molecular flexibility index (Phi) is 7.87. The number of likely N-dealkylation sites (tertiary alicyclic amines) is 1. The summed E-state index contributed by atoms with van der Waals surface area (Å²) in [4.78, 5) is 10.2. The van der Waals surface area contributed by atoms with Crippen LogP contribution in [0.2, 0.25) is 0 Å². The minimum Gasteiger partial charge on any atom is -0.412 e. The Morgan fingerprint density at radius 3 is 2.59 bits per heavy atom. The van der Waals surface area contributed by atoms with E-state index in [0.717, 1.165) is 35.4 Å². The summed E-state index contributed by atoms with van der Waals surface area (Å²) in [6, 6.07) is 19.6. The van der Waals surface area contributed by atoms with Gasteiger partial charge in [-0.1, -0.05) is 48.9 Å². The highest BCUT2D eigenvalue weighted by atomic mass is 32.2. The molecule has 184 valence electrons. The van der Waals surface area contributed by atoms with Gasteiger partial charge in [0.05, 0.1) is 22.0 Å². The molecule has 3 fully saturated rings. The van der Waals surface area contributed by atoms with E-state index in [0.29, 0.717) is 11.5 Å². The molecule has 6 nitrogen and oxygen atoms in total. The SMILES string of the molecule is CS(=O)NCC(CCN1[C@H]2CCC[C@@H]3CCC321)c1ccccc1.Cc1nc2ccccc2[nH]1.O. The summed E-state index contributed by atoms with van der Waals surface area (Å²) >= 11 is 0. The van der Waals surface area contributed by atoms with Crippen molar-refractivity contribution in [1.29, 1.82) is 0 Å². The van der Waals surface area contributed by atoms with Gasteiger partial charge in [0.2, 0.25) is 0 Å². The zero-order valence-corrected chi connectivity index (χ0v) is 21.1. The van der Waals surface area contributed by atoms with Crippen molar-refractivity contribution < 1.29 is 9.69 Å². The first kappa shape index (κ1) is 25.0. The second-order valence-electron chi connectivity index (χ2n) is 9.91. The topological polar surface area (TPSA) is 92.3 Å². The summed E-state index contributed by atoms with van der Waals surface area (Å²) in [5.74, 6) is 2.43. The second-order valence-corrected chi connectivity index (χ2v) is 11.1. The van der Waals surface area contributed by atoms with Gasteiger partial charge in [0.15, 0.2) is 0 Å². The lowest BCUT2D eigenvalue weighted by molar-refractivity contribution is 0.136. The fourth-order valence-corrected chi connectivity index (χ4v) is 6.80. The number of benzene rings is 2. The van der Waals surface area contributed by atoms with Crippen LogP contribution in [0.4, 0.5) is 0 Å². The summed E-state index contributed by atoms with van der Waals surface area (Å²) in [6.45, 7) is 3.97. The van der Waals surface area contributed by atoms with Gasteiger partial charge in [0.25, 0.3) is 0 Å². The van der Waals surface area contributed by atoms with Crippen molar-refractivity contribution in [2.45, 2.75) is 62.9 Å². The molecule has 1 saturated heterocycles. The monoisotopic (exact) mass is 482 g/mol. The largest absolute Gasteiger partial charge is 0.412 e. The number of aromatic nitrogens is 2. The third-order valence-corrected chi connectivity index (χ3v) is 8.65. The molecule has 2 aromatic carbocycles. The van der Waals surface area contributed by atoms with Crippen molar-refractivity contribution >= 4 is 22.0 Å². The molecule has 2 aliphatic carbocycles. The van der Waals surface area contributed by atoms with Crippen molar-refractivity contribution in [2.75, 3.05) is 19.3 Å². The smallest absolute Gasteiger partial charge is 0.104 e.